The van der Waals surface area contributed by atoms with Crippen LogP contribution in [0, 0.1) is 12.3 Å². The molecule has 0 atom stereocenters. The predicted octanol–water partition coefficient (Wildman–Crippen LogP) is 1.55. The molecular formula is C10H11N5S. The van der Waals surface area contributed by atoms with Crippen molar-refractivity contribution in [2.75, 3.05) is 0 Å². The van der Waals surface area contributed by atoms with Gasteiger partial charge >= 0.3 is 0 Å². The standard InChI is InChI=1S/C10H11N5S/c1-6-4-7(2-3-8(6)9(11)12)16-10-13-5-14-15-10/h2-5H,1H3,(H3,11,12)(H,13,14,15). The molecule has 0 amide bonds. The number of rotatable bonds is 3. The molecule has 0 radical (unpaired) electrons. The summed E-state index contributed by atoms with van der Waals surface area (Å²) in [5.74, 6) is 0.0914. The lowest BCUT2D eigenvalue weighted by molar-refractivity contribution is 0.973. The smallest absolute Gasteiger partial charge is 0.188 e. The summed E-state index contributed by atoms with van der Waals surface area (Å²) >= 11 is 1.49. The third kappa shape index (κ3) is 2.22. The van der Waals surface area contributed by atoms with Crippen molar-refractivity contribution in [3.8, 4) is 0 Å². The fourth-order valence-corrected chi connectivity index (χ4v) is 2.15. The van der Waals surface area contributed by atoms with Crippen LogP contribution >= 0.6 is 11.8 Å². The minimum Gasteiger partial charge on any atom is -0.384 e. The average molecular weight is 233 g/mol. The van der Waals surface area contributed by atoms with Gasteiger partial charge in [0, 0.05) is 10.5 Å². The molecule has 0 bridgehead atoms. The Bertz CT molecular complexity index is 506. The van der Waals surface area contributed by atoms with E-state index in [4.69, 9.17) is 11.1 Å². The van der Waals surface area contributed by atoms with Crippen molar-refractivity contribution in [3.05, 3.63) is 35.7 Å². The van der Waals surface area contributed by atoms with Crippen LogP contribution in [0.25, 0.3) is 0 Å². The summed E-state index contributed by atoms with van der Waals surface area (Å²) < 4.78 is 0. The van der Waals surface area contributed by atoms with Gasteiger partial charge in [0.1, 0.15) is 12.2 Å². The number of amidine groups is 1. The fourth-order valence-electron chi connectivity index (χ4n) is 1.36. The first-order valence-corrected chi connectivity index (χ1v) is 5.47. The molecule has 0 aliphatic rings. The number of aromatic amines is 1. The number of benzene rings is 1. The van der Waals surface area contributed by atoms with Crippen molar-refractivity contribution in [2.24, 2.45) is 5.73 Å². The molecule has 0 aliphatic carbocycles. The average Bonchev–Trinajstić information content (AvgIpc) is 2.70. The molecule has 1 aromatic heterocycles. The number of nitrogens with two attached hydrogens (primary N) is 1. The van der Waals surface area contributed by atoms with Crippen molar-refractivity contribution in [2.45, 2.75) is 17.0 Å². The molecule has 1 aromatic carbocycles. The lowest BCUT2D eigenvalue weighted by atomic mass is 10.1. The summed E-state index contributed by atoms with van der Waals surface area (Å²) in [7, 11) is 0. The number of aryl methyl sites for hydroxylation is 1. The third-order valence-electron chi connectivity index (χ3n) is 2.10. The van der Waals surface area contributed by atoms with Crippen LogP contribution in [0.4, 0.5) is 0 Å². The Morgan fingerprint density at radius 1 is 1.50 bits per heavy atom. The van der Waals surface area contributed by atoms with Crippen molar-refractivity contribution in [1.82, 2.24) is 15.2 Å². The first kappa shape index (κ1) is 10.7. The van der Waals surface area contributed by atoms with E-state index >= 15 is 0 Å². The second-order valence-corrected chi connectivity index (χ2v) is 4.35. The highest BCUT2D eigenvalue weighted by Gasteiger charge is 2.05. The van der Waals surface area contributed by atoms with E-state index in [0.29, 0.717) is 0 Å². The van der Waals surface area contributed by atoms with E-state index < -0.39 is 0 Å². The van der Waals surface area contributed by atoms with Crippen LogP contribution in [0.5, 0.6) is 0 Å². The van der Waals surface area contributed by atoms with Crippen molar-refractivity contribution < 1.29 is 0 Å². The van der Waals surface area contributed by atoms with E-state index in [0.717, 1.165) is 21.2 Å². The maximum absolute atomic E-state index is 7.39. The topological polar surface area (TPSA) is 91.4 Å². The molecule has 6 heteroatoms. The fraction of sp³-hybridized carbons (Fsp3) is 0.100. The summed E-state index contributed by atoms with van der Waals surface area (Å²) in [6.45, 7) is 1.93. The Labute approximate surface area is 97.0 Å². The summed E-state index contributed by atoms with van der Waals surface area (Å²) in [5.41, 5.74) is 7.20. The summed E-state index contributed by atoms with van der Waals surface area (Å²) in [6, 6.07) is 5.73. The van der Waals surface area contributed by atoms with Crippen LogP contribution in [-0.4, -0.2) is 21.0 Å². The molecule has 0 spiro atoms. The minimum absolute atomic E-state index is 0.0914. The van der Waals surface area contributed by atoms with E-state index in [1.807, 2.05) is 25.1 Å². The molecule has 2 rings (SSSR count). The second-order valence-electron chi connectivity index (χ2n) is 3.28. The lowest BCUT2D eigenvalue weighted by Gasteiger charge is -2.05. The Kier molecular flexibility index (Phi) is 2.91. The Morgan fingerprint density at radius 3 is 2.88 bits per heavy atom. The van der Waals surface area contributed by atoms with Gasteiger partial charge < -0.3 is 5.73 Å². The van der Waals surface area contributed by atoms with Gasteiger partial charge in [0.05, 0.1) is 0 Å². The number of nitrogens with zero attached hydrogens (tertiary/aromatic N) is 2. The molecule has 1 heterocycles. The number of H-pyrrole nitrogens is 1. The van der Waals surface area contributed by atoms with E-state index in [2.05, 4.69) is 15.2 Å². The molecule has 0 fully saturated rings. The largest absolute Gasteiger partial charge is 0.384 e. The van der Waals surface area contributed by atoms with Gasteiger partial charge in [0.15, 0.2) is 5.16 Å². The molecule has 82 valence electrons. The quantitative estimate of drug-likeness (QED) is 0.554. The number of nitrogen functional groups attached to an aromatic ring is 1. The number of nitrogens with one attached hydrogen (secondary N) is 2. The van der Waals surface area contributed by atoms with Gasteiger partial charge in [-0.15, -0.1) is 0 Å². The van der Waals surface area contributed by atoms with Crippen LogP contribution in [0.3, 0.4) is 0 Å². The minimum atomic E-state index is 0.0914. The molecule has 0 aliphatic heterocycles. The van der Waals surface area contributed by atoms with Gasteiger partial charge in [0.2, 0.25) is 0 Å². The van der Waals surface area contributed by atoms with Gasteiger partial charge in [-0.1, -0.05) is 11.8 Å². The second kappa shape index (κ2) is 4.36. The first-order valence-electron chi connectivity index (χ1n) is 4.65. The van der Waals surface area contributed by atoms with Crippen molar-refractivity contribution in [1.29, 1.82) is 5.41 Å². The van der Waals surface area contributed by atoms with E-state index in [1.54, 1.807) is 0 Å². The zero-order valence-electron chi connectivity index (χ0n) is 8.69. The molecule has 5 nitrogen and oxygen atoms in total. The van der Waals surface area contributed by atoms with Crippen molar-refractivity contribution in [3.63, 3.8) is 0 Å². The molecule has 0 saturated carbocycles. The van der Waals surface area contributed by atoms with Gasteiger partial charge in [-0.2, -0.15) is 5.10 Å². The molecule has 0 unspecified atom stereocenters. The van der Waals surface area contributed by atoms with E-state index in [1.165, 1.54) is 18.1 Å². The zero-order chi connectivity index (χ0) is 11.5. The van der Waals surface area contributed by atoms with Crippen LogP contribution in [0.15, 0.2) is 34.6 Å². The Balaban J connectivity index is 2.24. The maximum Gasteiger partial charge on any atom is 0.188 e. The van der Waals surface area contributed by atoms with Crippen molar-refractivity contribution >= 4 is 17.6 Å². The van der Waals surface area contributed by atoms with Gasteiger partial charge in [-0.05, 0) is 30.7 Å². The highest BCUT2D eigenvalue weighted by molar-refractivity contribution is 7.99. The SMILES string of the molecule is Cc1cc(Sc2ncn[nH]2)ccc1C(=N)N. The summed E-state index contributed by atoms with van der Waals surface area (Å²) in [4.78, 5) is 5.07. The van der Waals surface area contributed by atoms with Gasteiger partial charge in [0.25, 0.3) is 0 Å². The van der Waals surface area contributed by atoms with Gasteiger partial charge in [-0.3, -0.25) is 10.5 Å². The van der Waals surface area contributed by atoms with E-state index in [-0.39, 0.29) is 5.84 Å². The Hall–Kier alpha value is -1.82. The van der Waals surface area contributed by atoms with Crippen LogP contribution in [-0.2, 0) is 0 Å². The number of hydrogen-bond donors (Lipinski definition) is 3. The highest BCUT2D eigenvalue weighted by atomic mass is 32.2. The molecule has 4 N–H and O–H groups in total. The predicted molar refractivity (Wildman–Crippen MR) is 62.7 cm³/mol. The normalized spacial score (nSPS) is 10.3. The first-order chi connectivity index (χ1) is 7.66. The Morgan fingerprint density at radius 2 is 2.31 bits per heavy atom. The van der Waals surface area contributed by atoms with E-state index in [9.17, 15) is 0 Å². The van der Waals surface area contributed by atoms with Gasteiger partial charge in [-0.25, -0.2) is 4.98 Å². The van der Waals surface area contributed by atoms with Crippen LogP contribution in [0.1, 0.15) is 11.1 Å². The zero-order valence-corrected chi connectivity index (χ0v) is 9.51. The molecule has 0 saturated heterocycles. The molecule has 2 aromatic rings. The molecule has 16 heavy (non-hydrogen) atoms. The third-order valence-corrected chi connectivity index (χ3v) is 2.98. The number of aromatic nitrogens is 3. The number of hydrogen-bond acceptors (Lipinski definition) is 4. The monoisotopic (exact) mass is 233 g/mol. The van der Waals surface area contributed by atoms with Crippen LogP contribution < -0.4 is 5.73 Å². The maximum atomic E-state index is 7.39. The summed E-state index contributed by atoms with van der Waals surface area (Å²) in [6.07, 6.45) is 1.47. The highest BCUT2D eigenvalue weighted by Crippen LogP contribution is 2.25. The van der Waals surface area contributed by atoms with Crippen LogP contribution in [0.2, 0.25) is 0 Å². The molecular weight excluding hydrogens is 222 g/mol. The lowest BCUT2D eigenvalue weighted by Crippen LogP contribution is -2.12. The summed E-state index contributed by atoms with van der Waals surface area (Å²) in [5, 5.41) is 14.7.